The summed E-state index contributed by atoms with van der Waals surface area (Å²) in [4.78, 5) is 0. The normalized spacial score (nSPS) is 13.5. The van der Waals surface area contributed by atoms with Crippen LogP contribution in [0.1, 0.15) is 26.5 Å². The van der Waals surface area contributed by atoms with E-state index < -0.39 is 0 Å². The molecule has 0 radical (unpaired) electrons. The molecule has 0 amide bonds. The fourth-order valence-electron chi connectivity index (χ4n) is 1.57. The molecule has 1 heterocycles. The van der Waals surface area contributed by atoms with Gasteiger partial charge in [0.05, 0.1) is 23.5 Å². The molecule has 0 aliphatic heterocycles. The highest BCUT2D eigenvalue weighted by Gasteiger charge is 2.14. The Morgan fingerprint density at radius 2 is 2.20 bits per heavy atom. The van der Waals surface area contributed by atoms with Gasteiger partial charge in [0.25, 0.3) is 0 Å². The molecule has 0 aliphatic rings. The summed E-state index contributed by atoms with van der Waals surface area (Å²) in [6.07, 6.45) is 1.71. The molecule has 1 unspecified atom stereocenters. The smallest absolute Gasteiger partial charge is 0.0814 e. The average Bonchev–Trinajstić information content (AvgIpc) is 2.48. The lowest BCUT2D eigenvalue weighted by Crippen LogP contribution is -2.38. The number of nitrogens with zero attached hydrogens (tertiary/aromatic N) is 2. The zero-order chi connectivity index (χ0) is 11.4. The van der Waals surface area contributed by atoms with Crippen LogP contribution in [-0.2, 0) is 6.54 Å². The minimum atomic E-state index is 0.449. The monoisotopic (exact) mass is 229 g/mol. The number of likely N-dealkylation sites (N-methyl/N-ethyl adjacent to an activating group) is 1. The zero-order valence-electron chi connectivity index (χ0n) is 9.92. The van der Waals surface area contributed by atoms with Gasteiger partial charge < -0.3 is 5.32 Å². The van der Waals surface area contributed by atoms with E-state index in [9.17, 15) is 0 Å². The van der Waals surface area contributed by atoms with Crippen molar-refractivity contribution in [3.8, 4) is 0 Å². The molecule has 1 rings (SSSR count). The van der Waals surface area contributed by atoms with Crippen LogP contribution in [0.5, 0.6) is 0 Å². The van der Waals surface area contributed by atoms with Gasteiger partial charge in [0.2, 0.25) is 0 Å². The van der Waals surface area contributed by atoms with Gasteiger partial charge >= 0.3 is 0 Å². The molecule has 0 fully saturated rings. The molecule has 0 aliphatic carbocycles. The second-order valence-electron chi connectivity index (χ2n) is 4.17. The molecule has 1 aromatic rings. The van der Waals surface area contributed by atoms with Crippen molar-refractivity contribution in [3.63, 3.8) is 0 Å². The highest BCUT2D eigenvalue weighted by atomic mass is 35.5. The fourth-order valence-corrected chi connectivity index (χ4v) is 1.71. The summed E-state index contributed by atoms with van der Waals surface area (Å²) in [6, 6.07) is 0.449. The summed E-state index contributed by atoms with van der Waals surface area (Å²) in [5, 5.41) is 8.47. The number of nitrogens with one attached hydrogen (secondary N) is 1. The van der Waals surface area contributed by atoms with Gasteiger partial charge in [-0.05, 0) is 19.4 Å². The molecule has 0 saturated carbocycles. The van der Waals surface area contributed by atoms with Gasteiger partial charge in [0.15, 0.2) is 0 Å². The van der Waals surface area contributed by atoms with Crippen molar-refractivity contribution in [2.24, 2.45) is 5.92 Å². The van der Waals surface area contributed by atoms with Crippen molar-refractivity contribution >= 4 is 11.6 Å². The van der Waals surface area contributed by atoms with Crippen LogP contribution in [0, 0.1) is 12.8 Å². The van der Waals surface area contributed by atoms with Crippen molar-refractivity contribution < 1.29 is 0 Å². The second kappa shape index (κ2) is 5.52. The SMILES string of the molecule is CCNC(Cn1ncc(Cl)c1C)C(C)C. The minimum absolute atomic E-state index is 0.449. The first-order chi connectivity index (χ1) is 7.06. The number of aromatic nitrogens is 2. The van der Waals surface area contributed by atoms with Gasteiger partial charge in [-0.25, -0.2) is 0 Å². The molecule has 0 spiro atoms. The number of hydrogen-bond donors (Lipinski definition) is 1. The van der Waals surface area contributed by atoms with E-state index in [1.54, 1.807) is 6.20 Å². The number of rotatable bonds is 5. The van der Waals surface area contributed by atoms with Crippen LogP contribution in [0.3, 0.4) is 0 Å². The summed E-state index contributed by atoms with van der Waals surface area (Å²) >= 11 is 5.97. The lowest BCUT2D eigenvalue weighted by Gasteiger charge is -2.22. The number of hydrogen-bond acceptors (Lipinski definition) is 2. The van der Waals surface area contributed by atoms with E-state index in [1.165, 1.54) is 0 Å². The first-order valence-electron chi connectivity index (χ1n) is 5.47. The first kappa shape index (κ1) is 12.5. The molecule has 15 heavy (non-hydrogen) atoms. The third kappa shape index (κ3) is 3.21. The van der Waals surface area contributed by atoms with Crippen molar-refractivity contribution in [1.29, 1.82) is 0 Å². The third-order valence-electron chi connectivity index (χ3n) is 2.68. The lowest BCUT2D eigenvalue weighted by molar-refractivity contribution is 0.346. The molecule has 0 aromatic carbocycles. The van der Waals surface area contributed by atoms with Crippen LogP contribution >= 0.6 is 11.6 Å². The van der Waals surface area contributed by atoms with Crippen molar-refractivity contribution in [3.05, 3.63) is 16.9 Å². The fraction of sp³-hybridized carbons (Fsp3) is 0.727. The van der Waals surface area contributed by atoms with E-state index in [0.717, 1.165) is 23.8 Å². The van der Waals surface area contributed by atoms with Gasteiger partial charge in [-0.3, -0.25) is 4.68 Å². The van der Waals surface area contributed by atoms with E-state index in [-0.39, 0.29) is 0 Å². The van der Waals surface area contributed by atoms with Crippen LogP contribution in [-0.4, -0.2) is 22.4 Å². The standard InChI is InChI=1S/C11H20ClN3/c1-5-13-11(8(2)3)7-15-9(4)10(12)6-14-15/h6,8,11,13H,5,7H2,1-4H3. The van der Waals surface area contributed by atoms with Crippen LogP contribution in [0.4, 0.5) is 0 Å². The number of halogens is 1. The van der Waals surface area contributed by atoms with Crippen LogP contribution in [0.15, 0.2) is 6.20 Å². The quantitative estimate of drug-likeness (QED) is 0.841. The van der Waals surface area contributed by atoms with Gasteiger partial charge in [0, 0.05) is 6.04 Å². The Morgan fingerprint density at radius 1 is 1.53 bits per heavy atom. The van der Waals surface area contributed by atoms with E-state index in [4.69, 9.17) is 11.6 Å². The Balaban J connectivity index is 2.69. The highest BCUT2D eigenvalue weighted by molar-refractivity contribution is 6.31. The zero-order valence-corrected chi connectivity index (χ0v) is 10.7. The van der Waals surface area contributed by atoms with Gasteiger partial charge in [-0.2, -0.15) is 5.10 Å². The molecule has 1 atom stereocenters. The molecular formula is C11H20ClN3. The maximum absolute atomic E-state index is 5.97. The van der Waals surface area contributed by atoms with Crippen LogP contribution < -0.4 is 5.32 Å². The average molecular weight is 230 g/mol. The summed E-state index contributed by atoms with van der Waals surface area (Å²) in [5.41, 5.74) is 1.04. The molecular weight excluding hydrogens is 210 g/mol. The maximum atomic E-state index is 5.97. The van der Waals surface area contributed by atoms with Crippen molar-refractivity contribution in [2.45, 2.75) is 40.3 Å². The van der Waals surface area contributed by atoms with E-state index in [1.807, 2.05) is 11.6 Å². The van der Waals surface area contributed by atoms with Crippen molar-refractivity contribution in [1.82, 2.24) is 15.1 Å². The van der Waals surface area contributed by atoms with E-state index in [0.29, 0.717) is 12.0 Å². The summed E-state index contributed by atoms with van der Waals surface area (Å²) in [5.74, 6) is 0.590. The van der Waals surface area contributed by atoms with E-state index in [2.05, 4.69) is 31.2 Å². The predicted octanol–water partition coefficient (Wildman–Crippen LogP) is 2.48. The van der Waals surface area contributed by atoms with Crippen LogP contribution in [0.2, 0.25) is 5.02 Å². The van der Waals surface area contributed by atoms with Gasteiger partial charge in [0.1, 0.15) is 0 Å². The molecule has 0 saturated heterocycles. The van der Waals surface area contributed by atoms with Gasteiger partial charge in [-0.1, -0.05) is 32.4 Å². The van der Waals surface area contributed by atoms with E-state index >= 15 is 0 Å². The molecule has 0 bridgehead atoms. The summed E-state index contributed by atoms with van der Waals surface area (Å²) < 4.78 is 1.97. The maximum Gasteiger partial charge on any atom is 0.0814 e. The largest absolute Gasteiger partial charge is 0.312 e. The predicted molar refractivity (Wildman–Crippen MR) is 64.3 cm³/mol. The molecule has 86 valence electrons. The highest BCUT2D eigenvalue weighted by Crippen LogP contribution is 2.14. The molecule has 1 aromatic heterocycles. The third-order valence-corrected chi connectivity index (χ3v) is 3.06. The molecule has 1 N–H and O–H groups in total. The minimum Gasteiger partial charge on any atom is -0.312 e. The Kier molecular flexibility index (Phi) is 4.61. The molecule has 4 heteroatoms. The van der Waals surface area contributed by atoms with Crippen molar-refractivity contribution in [2.75, 3.05) is 6.54 Å². The second-order valence-corrected chi connectivity index (χ2v) is 4.58. The lowest BCUT2D eigenvalue weighted by atomic mass is 10.0. The first-order valence-corrected chi connectivity index (χ1v) is 5.85. The summed E-state index contributed by atoms with van der Waals surface area (Å²) in [6.45, 7) is 10.4. The van der Waals surface area contributed by atoms with Gasteiger partial charge in [-0.15, -0.1) is 0 Å². The Labute approximate surface area is 96.8 Å². The topological polar surface area (TPSA) is 29.9 Å². The van der Waals surface area contributed by atoms with Crippen LogP contribution in [0.25, 0.3) is 0 Å². The molecule has 3 nitrogen and oxygen atoms in total. The Bertz CT molecular complexity index is 307. The summed E-state index contributed by atoms with van der Waals surface area (Å²) in [7, 11) is 0. The Hall–Kier alpha value is -0.540. The Morgan fingerprint density at radius 3 is 2.60 bits per heavy atom.